The van der Waals surface area contributed by atoms with Gasteiger partial charge in [-0.2, -0.15) is 0 Å². The first-order valence-electron chi connectivity index (χ1n) is 16.5. The van der Waals surface area contributed by atoms with E-state index in [0.717, 1.165) is 28.4 Å². The van der Waals surface area contributed by atoms with Gasteiger partial charge < -0.3 is 5.32 Å². The minimum absolute atomic E-state index is 0.259. The van der Waals surface area contributed by atoms with Gasteiger partial charge in [0.1, 0.15) is 12.0 Å². The van der Waals surface area contributed by atoms with Crippen molar-refractivity contribution in [3.05, 3.63) is 193 Å². The highest BCUT2D eigenvalue weighted by molar-refractivity contribution is 7.26. The topological polar surface area (TPSA) is 36.8 Å². The van der Waals surface area contributed by atoms with E-state index in [-0.39, 0.29) is 6.17 Å². The molecule has 1 unspecified atom stereocenters. The zero-order valence-corrected chi connectivity index (χ0v) is 27.4. The molecule has 232 valence electrons. The van der Waals surface area contributed by atoms with Crippen molar-refractivity contribution in [2.75, 3.05) is 0 Å². The second-order valence-electron chi connectivity index (χ2n) is 12.3. The summed E-state index contributed by atoms with van der Waals surface area (Å²) in [5.74, 6) is 1.54. The van der Waals surface area contributed by atoms with Gasteiger partial charge in [-0.05, 0) is 69.3 Å². The van der Waals surface area contributed by atoms with Gasteiger partial charge in [-0.3, -0.25) is 0 Å². The molecule has 0 aliphatic carbocycles. The molecule has 0 amide bonds. The summed E-state index contributed by atoms with van der Waals surface area (Å²) in [6.45, 7) is 0. The second kappa shape index (κ2) is 12.5. The first kappa shape index (κ1) is 29.1. The minimum atomic E-state index is -0.259. The monoisotopic (exact) mass is 645 g/mol. The number of amidine groups is 2. The third kappa shape index (κ3) is 5.62. The average molecular weight is 646 g/mol. The lowest BCUT2D eigenvalue weighted by molar-refractivity contribution is 0.674. The summed E-state index contributed by atoms with van der Waals surface area (Å²) >= 11 is 1.83. The predicted molar refractivity (Wildman–Crippen MR) is 207 cm³/mol. The van der Waals surface area contributed by atoms with Gasteiger partial charge in [-0.15, -0.1) is 11.3 Å². The molecule has 0 spiro atoms. The Balaban J connectivity index is 1.21. The van der Waals surface area contributed by atoms with Crippen molar-refractivity contribution in [2.45, 2.75) is 6.17 Å². The van der Waals surface area contributed by atoms with Gasteiger partial charge in [-0.1, -0.05) is 146 Å². The molecule has 1 N–H and O–H groups in total. The van der Waals surface area contributed by atoms with Crippen molar-refractivity contribution < 1.29 is 0 Å². The Labute approximate surface area is 289 Å². The van der Waals surface area contributed by atoms with Crippen LogP contribution in [0.2, 0.25) is 0 Å². The van der Waals surface area contributed by atoms with Gasteiger partial charge in [0.15, 0.2) is 5.84 Å². The number of aliphatic imine (C=N–C) groups is 2. The zero-order chi connectivity index (χ0) is 32.6. The van der Waals surface area contributed by atoms with Crippen molar-refractivity contribution in [3.63, 3.8) is 0 Å². The number of thiophene rings is 1. The fourth-order valence-electron chi connectivity index (χ4n) is 6.71. The Kier molecular flexibility index (Phi) is 7.41. The maximum atomic E-state index is 5.16. The first-order chi connectivity index (χ1) is 24.3. The largest absolute Gasteiger partial charge is 0.344 e. The Morgan fingerprint density at radius 2 is 1.02 bits per heavy atom. The molecule has 2 heterocycles. The summed E-state index contributed by atoms with van der Waals surface area (Å²) in [6.07, 6.45) is -0.259. The number of nitrogens with zero attached hydrogens (tertiary/aromatic N) is 2. The van der Waals surface area contributed by atoms with Gasteiger partial charge in [-0.25, -0.2) is 9.98 Å². The van der Waals surface area contributed by atoms with E-state index in [2.05, 4.69) is 157 Å². The number of rotatable bonds is 6. The number of nitrogens with one attached hydrogen (secondary N) is 1. The van der Waals surface area contributed by atoms with Gasteiger partial charge in [0, 0.05) is 31.3 Å². The van der Waals surface area contributed by atoms with Crippen molar-refractivity contribution in [1.29, 1.82) is 0 Å². The molecule has 7 aromatic carbocycles. The molecule has 3 nitrogen and oxygen atoms in total. The number of hydrogen-bond acceptors (Lipinski definition) is 4. The predicted octanol–water partition coefficient (Wildman–Crippen LogP) is 11.6. The molecular weight excluding hydrogens is 615 g/mol. The maximum Gasteiger partial charge on any atom is 0.159 e. The second-order valence-corrected chi connectivity index (χ2v) is 13.3. The lowest BCUT2D eigenvalue weighted by Crippen LogP contribution is -2.33. The SMILES string of the molecule is c1ccc(C2=NC(c3ccccc3)NC(c3cc(-c4cccc(-c5cccc(-c6ccccc6)c5)c4)c4c(c3)sc3ccccc34)=N2)cc1. The van der Waals surface area contributed by atoms with E-state index >= 15 is 0 Å². The lowest BCUT2D eigenvalue weighted by Gasteiger charge is -2.24. The van der Waals surface area contributed by atoms with Gasteiger partial charge in [0.25, 0.3) is 0 Å². The molecule has 1 aromatic heterocycles. The summed E-state index contributed by atoms with van der Waals surface area (Å²) < 4.78 is 2.50. The van der Waals surface area contributed by atoms with E-state index in [1.54, 1.807) is 0 Å². The van der Waals surface area contributed by atoms with Crippen LogP contribution in [0.1, 0.15) is 22.9 Å². The van der Waals surface area contributed by atoms with Crippen LogP contribution in [0.3, 0.4) is 0 Å². The van der Waals surface area contributed by atoms with Crippen LogP contribution in [0.15, 0.2) is 186 Å². The molecule has 4 heteroatoms. The normalized spacial score (nSPS) is 14.3. The smallest absolute Gasteiger partial charge is 0.159 e. The molecule has 9 rings (SSSR count). The highest BCUT2D eigenvalue weighted by Gasteiger charge is 2.23. The highest BCUT2D eigenvalue weighted by Crippen LogP contribution is 2.42. The molecular formula is C45H31N3S. The molecule has 1 aliphatic heterocycles. The van der Waals surface area contributed by atoms with E-state index in [0.29, 0.717) is 0 Å². The van der Waals surface area contributed by atoms with Crippen LogP contribution in [0.4, 0.5) is 0 Å². The molecule has 1 aliphatic rings. The quantitative estimate of drug-likeness (QED) is 0.192. The maximum absolute atomic E-state index is 5.16. The average Bonchev–Trinajstić information content (AvgIpc) is 3.57. The van der Waals surface area contributed by atoms with Crippen LogP contribution in [-0.4, -0.2) is 11.7 Å². The molecule has 1 atom stereocenters. The van der Waals surface area contributed by atoms with Gasteiger partial charge in [0.05, 0.1) is 0 Å². The number of benzene rings is 7. The van der Waals surface area contributed by atoms with Crippen LogP contribution in [-0.2, 0) is 0 Å². The van der Waals surface area contributed by atoms with Gasteiger partial charge >= 0.3 is 0 Å². The van der Waals surface area contributed by atoms with Crippen LogP contribution >= 0.6 is 11.3 Å². The van der Waals surface area contributed by atoms with Crippen LogP contribution in [0, 0.1) is 0 Å². The summed E-state index contributed by atoms with van der Waals surface area (Å²) in [6, 6.07) is 62.3. The summed E-state index contributed by atoms with van der Waals surface area (Å²) in [5, 5.41) is 6.23. The molecule has 0 fully saturated rings. The highest BCUT2D eigenvalue weighted by atomic mass is 32.1. The standard InChI is InChI=1S/C45H31N3S/c1-4-14-30(15-5-1)33-20-12-21-34(26-33)35-22-13-23-36(27-35)39-28-37(29-41-42(39)38-24-10-11-25-40(38)49-41)45-47-43(31-16-6-2-7-17-31)46-44(48-45)32-18-8-3-9-19-32/h1-29,43H,(H,46,47,48). The van der Waals surface area contributed by atoms with E-state index in [1.165, 1.54) is 53.6 Å². The van der Waals surface area contributed by atoms with E-state index in [1.807, 2.05) is 35.6 Å². The Bertz CT molecular complexity index is 2510. The number of fused-ring (bicyclic) bond motifs is 3. The van der Waals surface area contributed by atoms with E-state index in [9.17, 15) is 0 Å². The summed E-state index contributed by atoms with van der Waals surface area (Å²) in [5.41, 5.74) is 10.3. The zero-order valence-electron chi connectivity index (χ0n) is 26.6. The molecule has 0 saturated heterocycles. The van der Waals surface area contributed by atoms with E-state index in [4.69, 9.17) is 9.98 Å². The van der Waals surface area contributed by atoms with Gasteiger partial charge in [0.2, 0.25) is 0 Å². The molecule has 0 bridgehead atoms. The number of hydrogen-bond donors (Lipinski definition) is 1. The fourth-order valence-corrected chi connectivity index (χ4v) is 7.88. The molecule has 8 aromatic rings. The Morgan fingerprint density at radius 3 is 1.76 bits per heavy atom. The third-order valence-corrected chi connectivity index (χ3v) is 10.2. The first-order valence-corrected chi connectivity index (χ1v) is 17.3. The minimum Gasteiger partial charge on any atom is -0.344 e. The lowest BCUT2D eigenvalue weighted by atomic mass is 9.93. The van der Waals surface area contributed by atoms with Crippen LogP contribution < -0.4 is 5.32 Å². The van der Waals surface area contributed by atoms with Crippen molar-refractivity contribution in [3.8, 4) is 33.4 Å². The summed E-state index contributed by atoms with van der Waals surface area (Å²) in [4.78, 5) is 10.2. The van der Waals surface area contributed by atoms with E-state index < -0.39 is 0 Å². The Hall–Kier alpha value is -6.10. The molecule has 0 saturated carbocycles. The summed E-state index contributed by atoms with van der Waals surface area (Å²) in [7, 11) is 0. The molecule has 0 radical (unpaired) electrons. The molecule has 49 heavy (non-hydrogen) atoms. The van der Waals surface area contributed by atoms with Crippen LogP contribution in [0.25, 0.3) is 53.6 Å². The van der Waals surface area contributed by atoms with Crippen molar-refractivity contribution in [2.24, 2.45) is 9.98 Å². The Morgan fingerprint density at radius 1 is 0.449 bits per heavy atom. The van der Waals surface area contributed by atoms with Crippen molar-refractivity contribution >= 4 is 43.2 Å². The fraction of sp³-hybridized carbons (Fsp3) is 0.0222. The van der Waals surface area contributed by atoms with Crippen LogP contribution in [0.5, 0.6) is 0 Å². The third-order valence-electron chi connectivity index (χ3n) is 9.12. The van der Waals surface area contributed by atoms with Crippen molar-refractivity contribution in [1.82, 2.24) is 5.32 Å².